The Morgan fingerprint density at radius 3 is 2.37 bits per heavy atom. The van der Waals surface area contributed by atoms with E-state index in [2.05, 4.69) is 51.8 Å². The monoisotopic (exact) mass is 266 g/mol. The normalized spacial score (nSPS) is 33.9. The van der Waals surface area contributed by atoms with Crippen LogP contribution in [0, 0.1) is 17.3 Å². The van der Waals surface area contributed by atoms with Crippen LogP contribution in [-0.2, 0) is 0 Å². The second-order valence-corrected chi connectivity index (χ2v) is 8.56. The average Bonchev–Trinajstić information content (AvgIpc) is 3.09. The van der Waals surface area contributed by atoms with E-state index in [1.165, 1.54) is 38.9 Å². The van der Waals surface area contributed by atoms with Crippen molar-refractivity contribution in [3.63, 3.8) is 0 Å². The number of piperazine rings is 1. The molecule has 0 radical (unpaired) electrons. The summed E-state index contributed by atoms with van der Waals surface area (Å²) in [6.07, 6.45) is 4.21. The summed E-state index contributed by atoms with van der Waals surface area (Å²) in [6, 6.07) is 0.631. The maximum atomic E-state index is 3.85. The molecule has 0 aromatic heterocycles. The molecule has 0 bridgehead atoms. The molecule has 2 atom stereocenters. The Morgan fingerprint density at radius 1 is 1.26 bits per heavy atom. The first-order valence-electron chi connectivity index (χ1n) is 8.22. The van der Waals surface area contributed by atoms with Gasteiger partial charge in [-0.15, -0.1) is 0 Å². The van der Waals surface area contributed by atoms with Crippen molar-refractivity contribution in [3.8, 4) is 0 Å². The molecule has 0 amide bonds. The predicted octanol–water partition coefficient (Wildman–Crippen LogP) is 3.52. The second kappa shape index (κ2) is 5.37. The highest BCUT2D eigenvalue weighted by atomic mass is 15.3. The summed E-state index contributed by atoms with van der Waals surface area (Å²) >= 11 is 0. The van der Waals surface area contributed by atoms with Gasteiger partial charge in [-0.2, -0.15) is 0 Å². The Bertz CT molecular complexity index is 301. The van der Waals surface area contributed by atoms with E-state index < -0.39 is 0 Å². The molecule has 2 nitrogen and oxygen atoms in total. The zero-order valence-electron chi connectivity index (χ0n) is 13.9. The maximum absolute atomic E-state index is 3.85. The molecule has 2 rings (SSSR count). The van der Waals surface area contributed by atoms with Crippen LogP contribution in [0.1, 0.15) is 60.8 Å². The van der Waals surface area contributed by atoms with Gasteiger partial charge in [0.15, 0.2) is 0 Å². The van der Waals surface area contributed by atoms with Crippen molar-refractivity contribution >= 4 is 0 Å². The van der Waals surface area contributed by atoms with Gasteiger partial charge in [0.25, 0.3) is 0 Å². The molecule has 0 aromatic rings. The van der Waals surface area contributed by atoms with Crippen LogP contribution >= 0.6 is 0 Å². The van der Waals surface area contributed by atoms with Crippen molar-refractivity contribution in [2.75, 3.05) is 19.6 Å². The molecule has 1 aliphatic carbocycles. The molecular weight excluding hydrogens is 232 g/mol. The largest absolute Gasteiger partial charge is 0.310 e. The third kappa shape index (κ3) is 3.52. The van der Waals surface area contributed by atoms with Crippen LogP contribution in [0.25, 0.3) is 0 Å². The molecule has 0 spiro atoms. The fourth-order valence-electron chi connectivity index (χ4n) is 3.38. The van der Waals surface area contributed by atoms with Crippen molar-refractivity contribution in [3.05, 3.63) is 0 Å². The number of hydrogen-bond acceptors (Lipinski definition) is 2. The van der Waals surface area contributed by atoms with E-state index in [1.54, 1.807) is 0 Å². The summed E-state index contributed by atoms with van der Waals surface area (Å²) in [7, 11) is 0. The smallest absolute Gasteiger partial charge is 0.0334 e. The zero-order chi connectivity index (χ0) is 14.3. The molecule has 112 valence electrons. The number of nitrogens with one attached hydrogen (secondary N) is 1. The van der Waals surface area contributed by atoms with Gasteiger partial charge in [0, 0.05) is 24.7 Å². The number of rotatable bonds is 4. The summed E-state index contributed by atoms with van der Waals surface area (Å²) < 4.78 is 0. The van der Waals surface area contributed by atoms with Crippen LogP contribution in [0.4, 0.5) is 0 Å². The molecule has 19 heavy (non-hydrogen) atoms. The first kappa shape index (κ1) is 15.3. The van der Waals surface area contributed by atoms with Crippen molar-refractivity contribution < 1.29 is 0 Å². The van der Waals surface area contributed by atoms with Crippen LogP contribution in [0.2, 0.25) is 0 Å². The molecule has 2 fully saturated rings. The van der Waals surface area contributed by atoms with E-state index in [1.807, 2.05) is 0 Å². The molecule has 1 heterocycles. The minimum absolute atomic E-state index is 0.362. The summed E-state index contributed by atoms with van der Waals surface area (Å²) in [5.74, 6) is 1.75. The van der Waals surface area contributed by atoms with Gasteiger partial charge in [-0.05, 0) is 50.0 Å². The predicted molar refractivity (Wildman–Crippen MR) is 83.4 cm³/mol. The first-order valence-corrected chi connectivity index (χ1v) is 8.22. The molecule has 2 aliphatic rings. The summed E-state index contributed by atoms with van der Waals surface area (Å²) in [5, 5.41) is 3.85. The Kier molecular flexibility index (Phi) is 4.32. The minimum Gasteiger partial charge on any atom is -0.310 e. The van der Waals surface area contributed by atoms with E-state index in [0.717, 1.165) is 11.8 Å². The van der Waals surface area contributed by atoms with Crippen molar-refractivity contribution in [1.29, 1.82) is 0 Å². The Hall–Kier alpha value is -0.0800. The Labute approximate surface area is 120 Å². The molecule has 2 heteroatoms. The van der Waals surface area contributed by atoms with Gasteiger partial charge in [0.2, 0.25) is 0 Å². The van der Waals surface area contributed by atoms with E-state index in [0.29, 0.717) is 17.0 Å². The summed E-state index contributed by atoms with van der Waals surface area (Å²) in [6.45, 7) is 18.0. The van der Waals surface area contributed by atoms with Crippen LogP contribution in [0.3, 0.4) is 0 Å². The Balaban J connectivity index is 2.05. The van der Waals surface area contributed by atoms with E-state index >= 15 is 0 Å². The fraction of sp³-hybridized carbons (Fsp3) is 1.00. The minimum atomic E-state index is 0.362. The first-order chi connectivity index (χ1) is 8.73. The molecule has 1 saturated carbocycles. The van der Waals surface area contributed by atoms with Crippen LogP contribution in [0.15, 0.2) is 0 Å². The van der Waals surface area contributed by atoms with Crippen LogP contribution in [-0.4, -0.2) is 36.1 Å². The molecule has 1 saturated heterocycles. The zero-order valence-corrected chi connectivity index (χ0v) is 13.9. The van der Waals surface area contributed by atoms with E-state index in [4.69, 9.17) is 0 Å². The SMILES string of the molecule is CC(C)CCN1CC(C(C)(C)C)NCC1(C)C1CC1. The second-order valence-electron chi connectivity index (χ2n) is 8.56. The lowest BCUT2D eigenvalue weighted by Gasteiger charge is -2.52. The van der Waals surface area contributed by atoms with Gasteiger partial charge in [-0.1, -0.05) is 34.6 Å². The summed E-state index contributed by atoms with van der Waals surface area (Å²) in [5.41, 5.74) is 0.775. The van der Waals surface area contributed by atoms with E-state index in [-0.39, 0.29) is 0 Å². The molecule has 0 aromatic carbocycles. The molecule has 1 N–H and O–H groups in total. The average molecular weight is 266 g/mol. The lowest BCUT2D eigenvalue weighted by Crippen LogP contribution is -2.67. The van der Waals surface area contributed by atoms with E-state index in [9.17, 15) is 0 Å². The highest BCUT2D eigenvalue weighted by molar-refractivity contribution is 5.06. The number of hydrogen-bond donors (Lipinski definition) is 1. The fourth-order valence-corrected chi connectivity index (χ4v) is 3.38. The van der Waals surface area contributed by atoms with Crippen molar-refractivity contribution in [2.24, 2.45) is 17.3 Å². The van der Waals surface area contributed by atoms with Gasteiger partial charge in [0.05, 0.1) is 0 Å². The molecule has 1 aliphatic heterocycles. The van der Waals surface area contributed by atoms with Crippen molar-refractivity contribution in [1.82, 2.24) is 10.2 Å². The highest BCUT2D eigenvalue weighted by Gasteiger charge is 2.49. The van der Waals surface area contributed by atoms with Crippen LogP contribution < -0.4 is 5.32 Å². The van der Waals surface area contributed by atoms with Gasteiger partial charge in [-0.25, -0.2) is 0 Å². The standard InChI is InChI=1S/C17H34N2/c1-13(2)9-10-19-11-15(16(3,4)5)18-12-17(19,6)14-7-8-14/h13-15,18H,7-12H2,1-6H3. The van der Waals surface area contributed by atoms with Gasteiger partial charge in [0.1, 0.15) is 0 Å². The molecule has 2 unspecified atom stereocenters. The van der Waals surface area contributed by atoms with Crippen LogP contribution in [0.5, 0.6) is 0 Å². The van der Waals surface area contributed by atoms with Gasteiger partial charge >= 0.3 is 0 Å². The third-order valence-corrected chi connectivity index (χ3v) is 5.31. The molecular formula is C17H34N2. The van der Waals surface area contributed by atoms with Gasteiger partial charge in [-0.3, -0.25) is 4.90 Å². The Morgan fingerprint density at radius 2 is 1.89 bits per heavy atom. The quantitative estimate of drug-likeness (QED) is 0.837. The topological polar surface area (TPSA) is 15.3 Å². The number of nitrogens with zero attached hydrogens (tertiary/aromatic N) is 1. The lowest BCUT2D eigenvalue weighted by atomic mass is 9.80. The lowest BCUT2D eigenvalue weighted by molar-refractivity contribution is 0.00769. The summed E-state index contributed by atoms with van der Waals surface area (Å²) in [4.78, 5) is 2.82. The van der Waals surface area contributed by atoms with Crippen molar-refractivity contribution in [2.45, 2.75) is 72.4 Å². The highest BCUT2D eigenvalue weighted by Crippen LogP contribution is 2.45. The maximum Gasteiger partial charge on any atom is 0.0334 e. The van der Waals surface area contributed by atoms with Gasteiger partial charge < -0.3 is 5.32 Å². The third-order valence-electron chi connectivity index (χ3n) is 5.31.